The van der Waals surface area contributed by atoms with Crippen molar-refractivity contribution >= 4 is 18.0 Å². The van der Waals surface area contributed by atoms with E-state index >= 15 is 0 Å². The maximum absolute atomic E-state index is 12.7. The summed E-state index contributed by atoms with van der Waals surface area (Å²) in [5.74, 6) is -1.59. The van der Waals surface area contributed by atoms with Gasteiger partial charge in [-0.2, -0.15) is 0 Å². The molecule has 2 amide bonds. The van der Waals surface area contributed by atoms with Crippen molar-refractivity contribution in [2.75, 3.05) is 6.61 Å². The van der Waals surface area contributed by atoms with E-state index < -0.39 is 24.0 Å². The quantitative estimate of drug-likeness (QED) is 0.590. The standard InChI is InChI=1S/C26H30N2O5/c1-16(14-24(29)30)27-25(31)21-12-6-7-13-23(21)28-26(32)33-15-22-19-10-4-2-8-17(19)18-9-3-5-11-20(18)22/h2-5,8-11,16,21-23H,6-7,12-15H2,1H3,(H,27,31)(H,28,32)(H,29,30)/t16-,21?,23?/m0/s1. The molecule has 2 aromatic carbocycles. The zero-order valence-electron chi connectivity index (χ0n) is 18.8. The van der Waals surface area contributed by atoms with Crippen LogP contribution < -0.4 is 10.6 Å². The highest BCUT2D eigenvalue weighted by atomic mass is 16.5. The number of hydrogen-bond donors (Lipinski definition) is 3. The monoisotopic (exact) mass is 450 g/mol. The van der Waals surface area contributed by atoms with Crippen LogP contribution in [0.2, 0.25) is 0 Å². The lowest BCUT2D eigenvalue weighted by molar-refractivity contribution is -0.137. The molecular formula is C26H30N2O5. The first-order valence-electron chi connectivity index (χ1n) is 11.6. The second kappa shape index (κ2) is 10.1. The zero-order chi connectivity index (χ0) is 23.4. The molecule has 1 fully saturated rings. The van der Waals surface area contributed by atoms with E-state index in [1.165, 1.54) is 11.1 Å². The van der Waals surface area contributed by atoms with Crippen LogP contribution in [-0.4, -0.2) is 41.8 Å². The van der Waals surface area contributed by atoms with Gasteiger partial charge in [-0.15, -0.1) is 0 Å². The second-order valence-electron chi connectivity index (χ2n) is 8.97. The summed E-state index contributed by atoms with van der Waals surface area (Å²) in [4.78, 5) is 36.3. The van der Waals surface area contributed by atoms with Crippen molar-refractivity contribution in [2.24, 2.45) is 5.92 Å². The van der Waals surface area contributed by atoms with E-state index in [0.29, 0.717) is 12.8 Å². The number of amides is 2. The van der Waals surface area contributed by atoms with Crippen LogP contribution in [0.1, 0.15) is 56.1 Å². The molecule has 0 bridgehead atoms. The minimum absolute atomic E-state index is 0.0227. The Kier molecular flexibility index (Phi) is 6.96. The van der Waals surface area contributed by atoms with Crippen LogP contribution in [-0.2, 0) is 14.3 Å². The van der Waals surface area contributed by atoms with Crippen LogP contribution in [0.5, 0.6) is 0 Å². The van der Waals surface area contributed by atoms with Crippen LogP contribution in [0.25, 0.3) is 11.1 Å². The van der Waals surface area contributed by atoms with Gasteiger partial charge in [0.25, 0.3) is 0 Å². The third-order valence-corrected chi connectivity index (χ3v) is 6.62. The average Bonchev–Trinajstić information content (AvgIpc) is 3.11. The summed E-state index contributed by atoms with van der Waals surface area (Å²) < 4.78 is 5.64. The maximum atomic E-state index is 12.7. The number of hydrogen-bond acceptors (Lipinski definition) is 4. The Hall–Kier alpha value is -3.35. The molecule has 174 valence electrons. The zero-order valence-corrected chi connectivity index (χ0v) is 18.8. The first-order chi connectivity index (χ1) is 15.9. The van der Waals surface area contributed by atoms with E-state index in [1.54, 1.807) is 6.92 Å². The Bertz CT molecular complexity index is 991. The third kappa shape index (κ3) is 5.18. The van der Waals surface area contributed by atoms with E-state index in [-0.39, 0.29) is 30.9 Å². The number of aliphatic carboxylic acids is 1. The largest absolute Gasteiger partial charge is 0.481 e. The normalized spacial score (nSPS) is 20.3. The molecule has 0 heterocycles. The van der Waals surface area contributed by atoms with E-state index in [4.69, 9.17) is 9.84 Å². The molecule has 2 aliphatic carbocycles. The van der Waals surface area contributed by atoms with Gasteiger partial charge < -0.3 is 20.5 Å². The van der Waals surface area contributed by atoms with E-state index in [9.17, 15) is 14.4 Å². The smallest absolute Gasteiger partial charge is 0.407 e. The van der Waals surface area contributed by atoms with Crippen molar-refractivity contribution in [3.8, 4) is 11.1 Å². The molecule has 0 spiro atoms. The number of carbonyl (C=O) groups is 3. The van der Waals surface area contributed by atoms with Crippen LogP contribution in [0.3, 0.4) is 0 Å². The van der Waals surface area contributed by atoms with Gasteiger partial charge in [0.1, 0.15) is 6.61 Å². The first kappa shape index (κ1) is 22.8. The predicted molar refractivity (Wildman–Crippen MR) is 124 cm³/mol. The Labute approximate surface area is 193 Å². The van der Waals surface area contributed by atoms with Crippen molar-refractivity contribution in [3.63, 3.8) is 0 Å². The van der Waals surface area contributed by atoms with Crippen LogP contribution in [0.4, 0.5) is 4.79 Å². The lowest BCUT2D eigenvalue weighted by Crippen LogP contribution is -2.50. The Balaban J connectivity index is 1.37. The Morgan fingerprint density at radius 2 is 1.61 bits per heavy atom. The van der Waals surface area contributed by atoms with Gasteiger partial charge in [0.2, 0.25) is 5.91 Å². The number of carboxylic acids is 1. The number of benzene rings is 2. The molecule has 2 aliphatic rings. The number of carbonyl (C=O) groups excluding carboxylic acids is 2. The first-order valence-corrected chi connectivity index (χ1v) is 11.6. The van der Waals surface area contributed by atoms with Gasteiger partial charge in [0.05, 0.1) is 12.3 Å². The molecule has 2 unspecified atom stereocenters. The molecule has 3 atom stereocenters. The number of alkyl carbamates (subject to hydrolysis) is 1. The fourth-order valence-corrected chi connectivity index (χ4v) is 5.07. The summed E-state index contributed by atoms with van der Waals surface area (Å²) >= 11 is 0. The number of rotatable bonds is 7. The summed E-state index contributed by atoms with van der Waals surface area (Å²) in [6.45, 7) is 1.89. The lowest BCUT2D eigenvalue weighted by Gasteiger charge is -2.31. The highest BCUT2D eigenvalue weighted by molar-refractivity contribution is 5.82. The third-order valence-electron chi connectivity index (χ3n) is 6.62. The SMILES string of the molecule is C[C@@H](CC(=O)O)NC(=O)C1CCCCC1NC(=O)OCC1c2ccccc2-c2ccccc21. The van der Waals surface area contributed by atoms with Gasteiger partial charge >= 0.3 is 12.1 Å². The molecule has 7 nitrogen and oxygen atoms in total. The topological polar surface area (TPSA) is 105 Å². The molecule has 0 saturated heterocycles. The Morgan fingerprint density at radius 1 is 1.00 bits per heavy atom. The minimum atomic E-state index is -0.959. The van der Waals surface area contributed by atoms with Crippen LogP contribution in [0.15, 0.2) is 48.5 Å². The number of ether oxygens (including phenoxy) is 1. The molecule has 7 heteroatoms. The molecule has 0 aromatic heterocycles. The predicted octanol–water partition coefficient (Wildman–Crippen LogP) is 4.06. The van der Waals surface area contributed by atoms with Crippen molar-refractivity contribution in [2.45, 2.75) is 57.0 Å². The van der Waals surface area contributed by atoms with Gasteiger partial charge in [0, 0.05) is 18.0 Å². The fourth-order valence-electron chi connectivity index (χ4n) is 5.07. The van der Waals surface area contributed by atoms with Gasteiger partial charge in [-0.05, 0) is 42.0 Å². The maximum Gasteiger partial charge on any atom is 0.407 e. The average molecular weight is 451 g/mol. The second-order valence-corrected chi connectivity index (χ2v) is 8.97. The summed E-state index contributed by atoms with van der Waals surface area (Å²) in [5.41, 5.74) is 4.63. The van der Waals surface area contributed by atoms with Crippen LogP contribution in [0, 0.1) is 5.92 Å². The molecule has 4 rings (SSSR count). The highest BCUT2D eigenvalue weighted by Gasteiger charge is 2.34. The fraction of sp³-hybridized carbons (Fsp3) is 0.423. The van der Waals surface area contributed by atoms with E-state index in [0.717, 1.165) is 24.0 Å². The van der Waals surface area contributed by atoms with E-state index in [2.05, 4.69) is 34.9 Å². The summed E-state index contributed by atoms with van der Waals surface area (Å²) in [6.07, 6.45) is 2.50. The highest BCUT2D eigenvalue weighted by Crippen LogP contribution is 2.44. The number of fused-ring (bicyclic) bond motifs is 3. The molecule has 2 aromatic rings. The molecular weight excluding hydrogens is 420 g/mol. The molecule has 0 aliphatic heterocycles. The number of carboxylic acid groups (broad SMARTS) is 1. The number of nitrogens with one attached hydrogen (secondary N) is 2. The Morgan fingerprint density at radius 3 is 2.24 bits per heavy atom. The molecule has 1 saturated carbocycles. The van der Waals surface area contributed by atoms with Crippen LogP contribution >= 0.6 is 0 Å². The molecule has 33 heavy (non-hydrogen) atoms. The lowest BCUT2D eigenvalue weighted by atomic mass is 9.83. The summed E-state index contributed by atoms with van der Waals surface area (Å²) in [7, 11) is 0. The van der Waals surface area contributed by atoms with Crippen molar-refractivity contribution in [1.29, 1.82) is 0 Å². The van der Waals surface area contributed by atoms with E-state index in [1.807, 2.05) is 24.3 Å². The van der Waals surface area contributed by atoms with Gasteiger partial charge in [-0.1, -0.05) is 61.4 Å². The molecule has 0 radical (unpaired) electrons. The van der Waals surface area contributed by atoms with Gasteiger partial charge in [-0.3, -0.25) is 9.59 Å². The summed E-state index contributed by atoms with van der Waals surface area (Å²) in [5, 5.41) is 14.6. The van der Waals surface area contributed by atoms with Gasteiger partial charge in [-0.25, -0.2) is 4.79 Å². The summed E-state index contributed by atoms with van der Waals surface area (Å²) in [6, 6.07) is 15.5. The molecule has 3 N–H and O–H groups in total. The van der Waals surface area contributed by atoms with Crippen molar-refractivity contribution < 1.29 is 24.2 Å². The van der Waals surface area contributed by atoms with Gasteiger partial charge in [0.15, 0.2) is 0 Å². The van der Waals surface area contributed by atoms with Crippen molar-refractivity contribution in [1.82, 2.24) is 10.6 Å². The van der Waals surface area contributed by atoms with Crippen molar-refractivity contribution in [3.05, 3.63) is 59.7 Å². The minimum Gasteiger partial charge on any atom is -0.481 e.